The second kappa shape index (κ2) is 5.70. The van der Waals surface area contributed by atoms with Crippen LogP contribution in [-0.4, -0.2) is 15.2 Å². The van der Waals surface area contributed by atoms with E-state index in [1.54, 1.807) is 12.3 Å². The molecule has 0 fully saturated rings. The SMILES string of the molecule is Oc1ccc(O)c(-c2cnc3ccccc3c2-c2ccccc2)c1. The molecule has 3 aromatic carbocycles. The van der Waals surface area contributed by atoms with Crippen LogP contribution >= 0.6 is 0 Å². The van der Waals surface area contributed by atoms with Crippen molar-refractivity contribution in [1.29, 1.82) is 0 Å². The van der Waals surface area contributed by atoms with Crippen molar-refractivity contribution in [1.82, 2.24) is 4.98 Å². The molecule has 116 valence electrons. The average molecular weight is 313 g/mol. The van der Waals surface area contributed by atoms with Gasteiger partial charge in [0, 0.05) is 28.3 Å². The number of phenolic OH excluding ortho intramolecular Hbond substituents is 2. The maximum Gasteiger partial charge on any atom is 0.123 e. The van der Waals surface area contributed by atoms with Gasteiger partial charge < -0.3 is 10.2 Å². The fraction of sp³-hybridized carbons (Fsp3) is 0. The van der Waals surface area contributed by atoms with Crippen molar-refractivity contribution in [3.05, 3.63) is 79.0 Å². The Balaban J connectivity index is 2.11. The highest BCUT2D eigenvalue weighted by molar-refractivity contribution is 6.02. The van der Waals surface area contributed by atoms with Gasteiger partial charge in [-0.2, -0.15) is 0 Å². The number of hydrogen-bond donors (Lipinski definition) is 2. The van der Waals surface area contributed by atoms with E-state index in [9.17, 15) is 10.2 Å². The number of pyridine rings is 1. The van der Waals surface area contributed by atoms with Gasteiger partial charge in [-0.25, -0.2) is 0 Å². The molecule has 0 aliphatic carbocycles. The molecule has 0 amide bonds. The Morgan fingerprint density at radius 3 is 2.29 bits per heavy atom. The van der Waals surface area contributed by atoms with E-state index in [-0.39, 0.29) is 11.5 Å². The molecule has 0 spiro atoms. The lowest BCUT2D eigenvalue weighted by Crippen LogP contribution is -1.91. The van der Waals surface area contributed by atoms with Crippen molar-refractivity contribution in [3.8, 4) is 33.8 Å². The van der Waals surface area contributed by atoms with Crippen LogP contribution in [-0.2, 0) is 0 Å². The molecule has 3 nitrogen and oxygen atoms in total. The van der Waals surface area contributed by atoms with Gasteiger partial charge in [0.15, 0.2) is 0 Å². The number of aromatic nitrogens is 1. The van der Waals surface area contributed by atoms with Gasteiger partial charge in [0.2, 0.25) is 0 Å². The Bertz CT molecular complexity index is 1030. The number of para-hydroxylation sites is 1. The van der Waals surface area contributed by atoms with E-state index in [1.807, 2.05) is 54.6 Å². The van der Waals surface area contributed by atoms with Gasteiger partial charge in [0.25, 0.3) is 0 Å². The quantitative estimate of drug-likeness (QED) is 0.513. The smallest absolute Gasteiger partial charge is 0.123 e. The maximum absolute atomic E-state index is 10.3. The van der Waals surface area contributed by atoms with Crippen molar-refractivity contribution in [3.63, 3.8) is 0 Å². The van der Waals surface area contributed by atoms with Crippen LogP contribution in [0.3, 0.4) is 0 Å². The van der Waals surface area contributed by atoms with Crippen LogP contribution in [0.15, 0.2) is 79.0 Å². The fourth-order valence-electron chi connectivity index (χ4n) is 3.00. The van der Waals surface area contributed by atoms with Crippen molar-refractivity contribution < 1.29 is 10.2 Å². The summed E-state index contributed by atoms with van der Waals surface area (Å²) in [5.41, 5.74) is 4.26. The molecule has 0 aliphatic rings. The highest BCUT2D eigenvalue weighted by atomic mass is 16.3. The summed E-state index contributed by atoms with van der Waals surface area (Å²) in [6.45, 7) is 0. The first kappa shape index (κ1) is 14.3. The van der Waals surface area contributed by atoms with Crippen molar-refractivity contribution in [2.24, 2.45) is 0 Å². The Kier molecular flexibility index (Phi) is 3.39. The highest BCUT2D eigenvalue weighted by Crippen LogP contribution is 2.41. The van der Waals surface area contributed by atoms with Crippen molar-refractivity contribution >= 4 is 10.9 Å². The third kappa shape index (κ3) is 2.36. The number of hydrogen-bond acceptors (Lipinski definition) is 3. The topological polar surface area (TPSA) is 53.4 Å². The standard InChI is InChI=1S/C21H15NO2/c23-15-10-11-20(24)17(12-15)18-13-22-19-9-5-4-8-16(19)21(18)14-6-2-1-3-7-14/h1-13,23-24H. The van der Waals surface area contributed by atoms with Crippen LogP contribution in [0.1, 0.15) is 0 Å². The lowest BCUT2D eigenvalue weighted by Gasteiger charge is -2.14. The molecule has 0 unspecified atom stereocenters. The van der Waals surface area contributed by atoms with Crippen LogP contribution in [0.2, 0.25) is 0 Å². The summed E-state index contributed by atoms with van der Waals surface area (Å²) in [5.74, 6) is 0.219. The van der Waals surface area contributed by atoms with Crippen LogP contribution in [0.4, 0.5) is 0 Å². The number of phenols is 2. The number of fused-ring (bicyclic) bond motifs is 1. The summed E-state index contributed by atoms with van der Waals surface area (Å²) in [5, 5.41) is 21.1. The molecule has 4 rings (SSSR count). The predicted molar refractivity (Wildman–Crippen MR) is 95.9 cm³/mol. The van der Waals surface area contributed by atoms with Crippen molar-refractivity contribution in [2.75, 3.05) is 0 Å². The fourth-order valence-corrected chi connectivity index (χ4v) is 3.00. The van der Waals surface area contributed by atoms with E-state index in [0.29, 0.717) is 5.56 Å². The molecule has 0 radical (unpaired) electrons. The predicted octanol–water partition coefficient (Wildman–Crippen LogP) is 4.98. The Morgan fingerprint density at radius 2 is 1.46 bits per heavy atom. The first-order valence-electron chi connectivity index (χ1n) is 7.69. The average Bonchev–Trinajstić information content (AvgIpc) is 2.63. The van der Waals surface area contributed by atoms with E-state index in [2.05, 4.69) is 4.98 Å². The number of benzene rings is 3. The first-order chi connectivity index (χ1) is 11.7. The molecule has 0 bridgehead atoms. The zero-order valence-corrected chi connectivity index (χ0v) is 12.8. The zero-order chi connectivity index (χ0) is 16.5. The third-order valence-corrected chi connectivity index (χ3v) is 4.11. The molecule has 1 aromatic heterocycles. The second-order valence-corrected chi connectivity index (χ2v) is 5.63. The summed E-state index contributed by atoms with van der Waals surface area (Å²) in [6.07, 6.45) is 1.75. The largest absolute Gasteiger partial charge is 0.508 e. The third-order valence-electron chi connectivity index (χ3n) is 4.11. The van der Waals surface area contributed by atoms with E-state index in [1.165, 1.54) is 12.1 Å². The number of rotatable bonds is 2. The van der Waals surface area contributed by atoms with Crippen molar-refractivity contribution in [2.45, 2.75) is 0 Å². The molecule has 4 aromatic rings. The maximum atomic E-state index is 10.3. The molecule has 0 atom stereocenters. The molecule has 0 saturated carbocycles. The van der Waals surface area contributed by atoms with Crippen LogP contribution in [0.25, 0.3) is 33.2 Å². The van der Waals surface area contributed by atoms with Gasteiger partial charge in [0.1, 0.15) is 11.5 Å². The summed E-state index contributed by atoms with van der Waals surface area (Å²) in [6, 6.07) is 22.4. The Labute approximate surface area is 139 Å². The van der Waals surface area contributed by atoms with Gasteiger partial charge in [-0.1, -0.05) is 48.5 Å². The van der Waals surface area contributed by atoms with E-state index in [0.717, 1.165) is 27.6 Å². The molecule has 0 aliphatic heterocycles. The van der Waals surface area contributed by atoms with Crippen LogP contribution < -0.4 is 0 Å². The molecule has 3 heteroatoms. The summed E-state index contributed by atoms with van der Waals surface area (Å²) < 4.78 is 0. The second-order valence-electron chi connectivity index (χ2n) is 5.63. The van der Waals surface area contributed by atoms with E-state index >= 15 is 0 Å². The number of nitrogens with zero attached hydrogens (tertiary/aromatic N) is 1. The summed E-state index contributed by atoms with van der Waals surface area (Å²) in [7, 11) is 0. The minimum Gasteiger partial charge on any atom is -0.508 e. The Morgan fingerprint density at radius 1 is 0.708 bits per heavy atom. The normalized spacial score (nSPS) is 10.8. The molecule has 0 saturated heterocycles. The lowest BCUT2D eigenvalue weighted by atomic mass is 9.92. The summed E-state index contributed by atoms with van der Waals surface area (Å²) in [4.78, 5) is 4.52. The van der Waals surface area contributed by atoms with Gasteiger partial charge in [-0.15, -0.1) is 0 Å². The lowest BCUT2D eigenvalue weighted by molar-refractivity contribution is 0.462. The first-order valence-corrected chi connectivity index (χ1v) is 7.69. The number of aromatic hydroxyl groups is 2. The van der Waals surface area contributed by atoms with E-state index < -0.39 is 0 Å². The minimum absolute atomic E-state index is 0.106. The van der Waals surface area contributed by atoms with Crippen LogP contribution in [0, 0.1) is 0 Å². The highest BCUT2D eigenvalue weighted by Gasteiger charge is 2.15. The molecular weight excluding hydrogens is 298 g/mol. The molecule has 1 heterocycles. The Hall–Kier alpha value is -3.33. The van der Waals surface area contributed by atoms with E-state index in [4.69, 9.17) is 0 Å². The minimum atomic E-state index is 0.106. The molecule has 24 heavy (non-hydrogen) atoms. The molecule has 2 N–H and O–H groups in total. The van der Waals surface area contributed by atoms with Gasteiger partial charge >= 0.3 is 0 Å². The van der Waals surface area contributed by atoms with Gasteiger partial charge in [0.05, 0.1) is 5.52 Å². The zero-order valence-electron chi connectivity index (χ0n) is 12.8. The van der Waals surface area contributed by atoms with Gasteiger partial charge in [-0.05, 0) is 29.8 Å². The van der Waals surface area contributed by atoms with Crippen LogP contribution in [0.5, 0.6) is 11.5 Å². The molecular formula is C21H15NO2. The van der Waals surface area contributed by atoms with Gasteiger partial charge in [-0.3, -0.25) is 4.98 Å². The summed E-state index contributed by atoms with van der Waals surface area (Å²) >= 11 is 0. The monoisotopic (exact) mass is 313 g/mol.